The van der Waals surface area contributed by atoms with Crippen LogP contribution in [0.4, 0.5) is 0 Å². The van der Waals surface area contributed by atoms with E-state index in [-0.39, 0.29) is 11.3 Å². The number of nitrogens with zero attached hydrogens (tertiary/aromatic N) is 2. The number of rotatable bonds is 11. The lowest BCUT2D eigenvalue weighted by Crippen LogP contribution is -2.38. The molecule has 192 valence electrons. The molecule has 2 aliphatic rings. The largest absolute Gasteiger partial charge is 0.507 e. The zero-order chi connectivity index (χ0) is 25.3. The lowest BCUT2D eigenvalue weighted by Gasteiger charge is -2.29. The number of carbonyl (C=O) groups is 2. The second kappa shape index (κ2) is 12.7. The molecule has 2 heterocycles. The molecule has 7 heteroatoms. The van der Waals surface area contributed by atoms with Gasteiger partial charge in [-0.1, -0.05) is 62.2 Å². The van der Waals surface area contributed by atoms with Crippen molar-refractivity contribution in [3.8, 4) is 5.75 Å². The average Bonchev–Trinajstić information content (AvgIpc) is 3.17. The summed E-state index contributed by atoms with van der Waals surface area (Å²) in [5.74, 6) is -0.608. The summed E-state index contributed by atoms with van der Waals surface area (Å²) in [5.41, 5.74) is 1.43. The molecule has 2 aliphatic heterocycles. The molecule has 1 amide bonds. The first-order valence-corrected chi connectivity index (χ1v) is 13.0. The first-order chi connectivity index (χ1) is 17.6. The van der Waals surface area contributed by atoms with Crippen LogP contribution in [-0.2, 0) is 14.3 Å². The number of ether oxygens (including phenoxy) is 2. The molecule has 2 aromatic rings. The van der Waals surface area contributed by atoms with Crippen molar-refractivity contribution in [1.29, 1.82) is 0 Å². The van der Waals surface area contributed by atoms with E-state index in [0.29, 0.717) is 31.9 Å². The Hall–Kier alpha value is -3.16. The topological polar surface area (TPSA) is 79.3 Å². The molecule has 0 aromatic heterocycles. The van der Waals surface area contributed by atoms with Gasteiger partial charge in [0.1, 0.15) is 11.5 Å². The fourth-order valence-electron chi connectivity index (χ4n) is 4.79. The molecule has 0 bridgehead atoms. The van der Waals surface area contributed by atoms with Crippen LogP contribution in [0.25, 0.3) is 5.76 Å². The second-order valence-corrected chi connectivity index (χ2v) is 9.29. The standard InChI is InChI=1S/C29H36N2O5/c1-2-3-7-19-36-24-13-11-22(12-14-24)26-25(27(32)23-9-5-4-6-10-23)28(33)29(34)31(26)16-8-15-30-17-20-35-21-18-30/h4-6,9-14,26,32H,2-3,7-8,15-21H2,1H3. The molecule has 4 rings (SSSR count). The number of likely N-dealkylation sites (tertiary alicyclic amines) is 1. The van der Waals surface area contributed by atoms with Crippen molar-refractivity contribution in [2.75, 3.05) is 46.0 Å². The van der Waals surface area contributed by atoms with Gasteiger partial charge in [0.25, 0.3) is 11.7 Å². The summed E-state index contributed by atoms with van der Waals surface area (Å²) >= 11 is 0. The van der Waals surface area contributed by atoms with Gasteiger partial charge < -0.3 is 19.5 Å². The van der Waals surface area contributed by atoms with Crippen molar-refractivity contribution in [3.63, 3.8) is 0 Å². The summed E-state index contributed by atoms with van der Waals surface area (Å²) < 4.78 is 11.3. The van der Waals surface area contributed by atoms with Crippen LogP contribution in [0, 0.1) is 0 Å². The lowest BCUT2D eigenvalue weighted by atomic mass is 9.95. The Morgan fingerprint density at radius 3 is 2.39 bits per heavy atom. The van der Waals surface area contributed by atoms with Crippen molar-refractivity contribution < 1.29 is 24.2 Å². The van der Waals surface area contributed by atoms with Crippen LogP contribution >= 0.6 is 0 Å². The Balaban J connectivity index is 1.58. The maximum Gasteiger partial charge on any atom is 0.295 e. The fourth-order valence-corrected chi connectivity index (χ4v) is 4.79. The molecule has 0 aliphatic carbocycles. The number of amides is 1. The van der Waals surface area contributed by atoms with E-state index in [0.717, 1.165) is 56.6 Å². The predicted octanol–water partition coefficient (Wildman–Crippen LogP) is 4.40. The summed E-state index contributed by atoms with van der Waals surface area (Å²) in [4.78, 5) is 30.3. The number of carbonyl (C=O) groups excluding carboxylic acids is 2. The molecule has 1 unspecified atom stereocenters. The van der Waals surface area contributed by atoms with E-state index < -0.39 is 17.7 Å². The number of ketones is 1. The zero-order valence-electron chi connectivity index (χ0n) is 21.0. The van der Waals surface area contributed by atoms with Crippen molar-refractivity contribution in [1.82, 2.24) is 9.80 Å². The van der Waals surface area contributed by atoms with Crippen molar-refractivity contribution in [2.24, 2.45) is 0 Å². The molecule has 0 saturated carbocycles. The van der Waals surface area contributed by atoms with Gasteiger partial charge in [0.05, 0.1) is 31.4 Å². The number of Topliss-reactive ketones (excluding diaryl/α,β-unsaturated/α-hetero) is 1. The Kier molecular flexibility index (Phi) is 9.14. The Morgan fingerprint density at radius 2 is 1.69 bits per heavy atom. The summed E-state index contributed by atoms with van der Waals surface area (Å²) in [6.07, 6.45) is 3.98. The summed E-state index contributed by atoms with van der Waals surface area (Å²) in [6.45, 7) is 7.23. The monoisotopic (exact) mass is 492 g/mol. The van der Waals surface area contributed by atoms with Crippen LogP contribution < -0.4 is 4.74 Å². The minimum atomic E-state index is -0.649. The van der Waals surface area contributed by atoms with Crippen LogP contribution in [0.1, 0.15) is 49.8 Å². The van der Waals surface area contributed by atoms with Crippen molar-refractivity contribution in [2.45, 2.75) is 38.6 Å². The SMILES string of the molecule is CCCCCOc1ccc(C2C(=C(O)c3ccccc3)C(=O)C(=O)N2CCCN2CCOCC2)cc1. The van der Waals surface area contributed by atoms with E-state index in [9.17, 15) is 14.7 Å². The van der Waals surface area contributed by atoms with Crippen LogP contribution in [0.2, 0.25) is 0 Å². The van der Waals surface area contributed by atoms with Crippen LogP contribution in [0.15, 0.2) is 60.2 Å². The van der Waals surface area contributed by atoms with E-state index >= 15 is 0 Å². The zero-order valence-corrected chi connectivity index (χ0v) is 21.0. The molecule has 2 aromatic carbocycles. The van der Waals surface area contributed by atoms with Gasteiger partial charge in [0, 0.05) is 31.7 Å². The normalized spacial score (nSPS) is 20.1. The van der Waals surface area contributed by atoms with Crippen LogP contribution in [-0.4, -0.2) is 72.6 Å². The molecule has 7 nitrogen and oxygen atoms in total. The van der Waals surface area contributed by atoms with Gasteiger partial charge in [-0.2, -0.15) is 0 Å². The van der Waals surface area contributed by atoms with E-state index in [1.807, 2.05) is 30.3 Å². The molecule has 2 saturated heterocycles. The van der Waals surface area contributed by atoms with Gasteiger partial charge in [-0.05, 0) is 30.5 Å². The smallest absolute Gasteiger partial charge is 0.295 e. The first kappa shape index (κ1) is 25.9. The molecule has 1 N–H and O–H groups in total. The third-order valence-corrected chi connectivity index (χ3v) is 6.78. The quantitative estimate of drug-likeness (QED) is 0.217. The minimum Gasteiger partial charge on any atom is -0.507 e. The van der Waals surface area contributed by atoms with Gasteiger partial charge in [-0.15, -0.1) is 0 Å². The van der Waals surface area contributed by atoms with Crippen LogP contribution in [0.5, 0.6) is 5.75 Å². The van der Waals surface area contributed by atoms with Crippen LogP contribution in [0.3, 0.4) is 0 Å². The van der Waals surface area contributed by atoms with E-state index in [4.69, 9.17) is 9.47 Å². The Labute approximate surface area is 213 Å². The van der Waals surface area contributed by atoms with Gasteiger partial charge in [0.15, 0.2) is 0 Å². The maximum absolute atomic E-state index is 13.2. The highest BCUT2D eigenvalue weighted by atomic mass is 16.5. The number of aliphatic hydroxyl groups is 1. The highest BCUT2D eigenvalue weighted by molar-refractivity contribution is 6.46. The average molecular weight is 493 g/mol. The number of aliphatic hydroxyl groups excluding tert-OH is 1. The molecular weight excluding hydrogens is 456 g/mol. The molecule has 36 heavy (non-hydrogen) atoms. The first-order valence-electron chi connectivity index (χ1n) is 13.0. The maximum atomic E-state index is 13.2. The van der Waals surface area contributed by atoms with Gasteiger partial charge in [-0.3, -0.25) is 14.5 Å². The molecule has 0 radical (unpaired) electrons. The van der Waals surface area contributed by atoms with Crippen molar-refractivity contribution in [3.05, 3.63) is 71.3 Å². The minimum absolute atomic E-state index is 0.134. The molecule has 0 spiro atoms. The number of hydrogen-bond donors (Lipinski definition) is 1. The molecular formula is C29H36N2O5. The predicted molar refractivity (Wildman–Crippen MR) is 139 cm³/mol. The second-order valence-electron chi connectivity index (χ2n) is 9.29. The Morgan fingerprint density at radius 1 is 0.972 bits per heavy atom. The number of morpholine rings is 1. The summed E-state index contributed by atoms with van der Waals surface area (Å²) in [5, 5.41) is 11.1. The van der Waals surface area contributed by atoms with Gasteiger partial charge in [0.2, 0.25) is 0 Å². The lowest BCUT2D eigenvalue weighted by molar-refractivity contribution is -0.140. The third-order valence-electron chi connectivity index (χ3n) is 6.78. The van der Waals surface area contributed by atoms with Gasteiger partial charge in [-0.25, -0.2) is 0 Å². The Bertz CT molecular complexity index is 1050. The van der Waals surface area contributed by atoms with E-state index in [1.165, 1.54) is 0 Å². The molecule has 2 fully saturated rings. The fraction of sp³-hybridized carbons (Fsp3) is 0.448. The summed E-state index contributed by atoms with van der Waals surface area (Å²) in [7, 11) is 0. The van der Waals surface area contributed by atoms with E-state index in [1.54, 1.807) is 29.2 Å². The third kappa shape index (κ3) is 6.15. The van der Waals surface area contributed by atoms with E-state index in [2.05, 4.69) is 11.8 Å². The summed E-state index contributed by atoms with van der Waals surface area (Å²) in [6, 6.07) is 15.8. The number of benzene rings is 2. The number of hydrogen-bond acceptors (Lipinski definition) is 6. The number of unbranched alkanes of at least 4 members (excludes halogenated alkanes) is 2. The highest BCUT2D eigenvalue weighted by Gasteiger charge is 2.45. The molecule has 1 atom stereocenters. The van der Waals surface area contributed by atoms with Crippen molar-refractivity contribution >= 4 is 17.4 Å². The highest BCUT2D eigenvalue weighted by Crippen LogP contribution is 2.39. The van der Waals surface area contributed by atoms with Gasteiger partial charge >= 0.3 is 0 Å².